The number of hydrogen-bond donors (Lipinski definition) is 1. The lowest BCUT2D eigenvalue weighted by atomic mass is 10.1. The Labute approximate surface area is 165 Å². The molecule has 2 aromatic carbocycles. The quantitative estimate of drug-likeness (QED) is 0.374. The number of fused-ring (bicyclic) bond motifs is 1. The molecule has 140 valence electrons. The lowest BCUT2D eigenvalue weighted by Gasteiger charge is -2.16. The summed E-state index contributed by atoms with van der Waals surface area (Å²) in [5, 5.41) is 14.3. The van der Waals surface area contributed by atoms with Crippen LogP contribution in [0.15, 0.2) is 54.0 Å². The number of thiazole rings is 1. The molecular weight excluding hydrogens is 374 g/mol. The Morgan fingerprint density at radius 3 is 2.82 bits per heavy atom. The summed E-state index contributed by atoms with van der Waals surface area (Å²) in [6.45, 7) is 3.79. The second-order valence-corrected chi connectivity index (χ2v) is 7.32. The number of nitrogens with one attached hydrogen (secondary N) is 1. The van der Waals surface area contributed by atoms with Gasteiger partial charge in [0, 0.05) is 23.8 Å². The van der Waals surface area contributed by atoms with E-state index in [1.54, 1.807) is 23.5 Å². The number of aromatic nitrogens is 3. The van der Waals surface area contributed by atoms with Crippen molar-refractivity contribution >= 4 is 33.1 Å². The van der Waals surface area contributed by atoms with Crippen molar-refractivity contribution in [2.75, 3.05) is 5.32 Å². The van der Waals surface area contributed by atoms with Gasteiger partial charge in [0.1, 0.15) is 11.6 Å². The third-order valence-corrected chi connectivity index (χ3v) is 5.20. The summed E-state index contributed by atoms with van der Waals surface area (Å²) in [4.78, 5) is 24.0. The first-order chi connectivity index (χ1) is 13.5. The van der Waals surface area contributed by atoms with Crippen molar-refractivity contribution in [2.45, 2.75) is 19.9 Å². The number of aryl methyl sites for hydroxylation is 1. The number of nitrogens with zero attached hydrogens (tertiary/aromatic N) is 4. The Hall–Kier alpha value is -3.39. The Bertz CT molecular complexity index is 1170. The molecule has 0 saturated carbocycles. The number of benzene rings is 2. The highest BCUT2D eigenvalue weighted by Gasteiger charge is 2.13. The molecule has 4 aromatic rings. The molecule has 2 aromatic heterocycles. The van der Waals surface area contributed by atoms with Crippen molar-refractivity contribution in [3.8, 4) is 11.3 Å². The fourth-order valence-corrected chi connectivity index (χ4v) is 3.73. The van der Waals surface area contributed by atoms with Crippen LogP contribution in [-0.2, 0) is 0 Å². The SMILES string of the molecule is Cc1nc(NC(C)c2cccc([N+](=O)[O-])c2)cc(-c2ccc3ncsc3c2)n1. The second kappa shape index (κ2) is 7.32. The average Bonchev–Trinajstić information content (AvgIpc) is 3.15. The van der Waals surface area contributed by atoms with Crippen molar-refractivity contribution in [1.29, 1.82) is 0 Å². The zero-order valence-electron chi connectivity index (χ0n) is 15.3. The maximum Gasteiger partial charge on any atom is 0.269 e. The maximum atomic E-state index is 11.0. The lowest BCUT2D eigenvalue weighted by Crippen LogP contribution is -2.09. The van der Waals surface area contributed by atoms with Crippen LogP contribution < -0.4 is 5.32 Å². The number of non-ortho nitro benzene ring substituents is 1. The van der Waals surface area contributed by atoms with Gasteiger partial charge in [0.25, 0.3) is 5.69 Å². The molecule has 0 radical (unpaired) electrons. The first-order valence-electron chi connectivity index (χ1n) is 8.70. The second-order valence-electron chi connectivity index (χ2n) is 6.44. The average molecular weight is 391 g/mol. The predicted molar refractivity (Wildman–Crippen MR) is 111 cm³/mol. The highest BCUT2D eigenvalue weighted by Crippen LogP contribution is 2.28. The van der Waals surface area contributed by atoms with Gasteiger partial charge in [-0.15, -0.1) is 11.3 Å². The molecule has 7 nitrogen and oxygen atoms in total. The van der Waals surface area contributed by atoms with Crippen LogP contribution in [0.3, 0.4) is 0 Å². The minimum atomic E-state index is -0.390. The van der Waals surface area contributed by atoms with E-state index in [4.69, 9.17) is 0 Å². The molecule has 1 unspecified atom stereocenters. The zero-order valence-corrected chi connectivity index (χ0v) is 16.1. The van der Waals surface area contributed by atoms with Gasteiger partial charge in [0.05, 0.1) is 32.4 Å². The van der Waals surface area contributed by atoms with E-state index in [0.29, 0.717) is 11.6 Å². The molecule has 1 N–H and O–H groups in total. The molecule has 2 heterocycles. The molecule has 28 heavy (non-hydrogen) atoms. The number of nitro benzene ring substituents is 1. The van der Waals surface area contributed by atoms with Crippen LogP contribution in [0.4, 0.5) is 11.5 Å². The van der Waals surface area contributed by atoms with Crippen molar-refractivity contribution in [2.24, 2.45) is 0 Å². The first-order valence-corrected chi connectivity index (χ1v) is 9.58. The van der Waals surface area contributed by atoms with E-state index in [9.17, 15) is 10.1 Å². The summed E-state index contributed by atoms with van der Waals surface area (Å²) in [5.74, 6) is 1.32. The fraction of sp³-hybridized carbons (Fsp3) is 0.150. The Kier molecular flexibility index (Phi) is 4.70. The maximum absolute atomic E-state index is 11.0. The summed E-state index contributed by atoms with van der Waals surface area (Å²) in [6.07, 6.45) is 0. The Morgan fingerprint density at radius 2 is 2.00 bits per heavy atom. The van der Waals surface area contributed by atoms with Gasteiger partial charge in [0.2, 0.25) is 0 Å². The summed E-state index contributed by atoms with van der Waals surface area (Å²) in [6, 6.07) is 14.4. The third kappa shape index (κ3) is 3.67. The lowest BCUT2D eigenvalue weighted by molar-refractivity contribution is -0.384. The van der Waals surface area contributed by atoms with E-state index in [2.05, 4.69) is 26.3 Å². The van der Waals surface area contributed by atoms with Crippen LogP contribution in [-0.4, -0.2) is 19.9 Å². The van der Waals surface area contributed by atoms with E-state index >= 15 is 0 Å². The third-order valence-electron chi connectivity index (χ3n) is 4.41. The summed E-state index contributed by atoms with van der Waals surface area (Å²) < 4.78 is 1.10. The molecule has 0 spiro atoms. The molecule has 0 aliphatic rings. The fourth-order valence-electron chi connectivity index (χ4n) is 3.02. The summed E-state index contributed by atoms with van der Waals surface area (Å²) >= 11 is 1.59. The van der Waals surface area contributed by atoms with Gasteiger partial charge in [-0.05, 0) is 31.5 Å². The number of rotatable bonds is 5. The monoisotopic (exact) mass is 391 g/mol. The van der Waals surface area contributed by atoms with E-state index in [-0.39, 0.29) is 11.7 Å². The van der Waals surface area contributed by atoms with Crippen LogP contribution in [0, 0.1) is 17.0 Å². The number of anilines is 1. The topological polar surface area (TPSA) is 93.8 Å². The van der Waals surface area contributed by atoms with Gasteiger partial charge < -0.3 is 5.32 Å². The molecule has 0 amide bonds. The smallest absolute Gasteiger partial charge is 0.269 e. The minimum Gasteiger partial charge on any atom is -0.363 e. The van der Waals surface area contributed by atoms with Gasteiger partial charge in [-0.1, -0.05) is 18.2 Å². The molecular formula is C20H17N5O2S. The normalized spacial score (nSPS) is 12.1. The number of hydrogen-bond acceptors (Lipinski definition) is 7. The molecule has 1 atom stereocenters. The first kappa shape index (κ1) is 18.0. The van der Waals surface area contributed by atoms with Crippen LogP contribution in [0.5, 0.6) is 0 Å². The van der Waals surface area contributed by atoms with Crippen LogP contribution in [0.25, 0.3) is 21.5 Å². The van der Waals surface area contributed by atoms with E-state index < -0.39 is 4.92 Å². The van der Waals surface area contributed by atoms with Gasteiger partial charge in [-0.2, -0.15) is 0 Å². The molecule has 0 aliphatic heterocycles. The van der Waals surface area contributed by atoms with Crippen LogP contribution in [0.1, 0.15) is 24.4 Å². The van der Waals surface area contributed by atoms with Crippen molar-refractivity contribution in [3.05, 3.63) is 75.5 Å². The van der Waals surface area contributed by atoms with Gasteiger partial charge in [-0.3, -0.25) is 10.1 Å². The highest BCUT2D eigenvalue weighted by atomic mass is 32.1. The van der Waals surface area contributed by atoms with E-state index in [1.807, 2.05) is 43.6 Å². The molecule has 0 bridgehead atoms. The minimum absolute atomic E-state index is 0.0727. The number of nitro groups is 1. The molecule has 0 saturated heterocycles. The van der Waals surface area contributed by atoms with Crippen LogP contribution in [0.2, 0.25) is 0 Å². The van der Waals surface area contributed by atoms with E-state index in [0.717, 1.165) is 27.0 Å². The van der Waals surface area contributed by atoms with Gasteiger partial charge in [0.15, 0.2) is 0 Å². The van der Waals surface area contributed by atoms with Crippen molar-refractivity contribution in [3.63, 3.8) is 0 Å². The van der Waals surface area contributed by atoms with Crippen molar-refractivity contribution < 1.29 is 4.92 Å². The van der Waals surface area contributed by atoms with Crippen molar-refractivity contribution in [1.82, 2.24) is 15.0 Å². The summed E-state index contributed by atoms with van der Waals surface area (Å²) in [7, 11) is 0. The molecule has 8 heteroatoms. The Balaban J connectivity index is 1.63. The van der Waals surface area contributed by atoms with Gasteiger partial charge >= 0.3 is 0 Å². The molecule has 0 fully saturated rings. The zero-order chi connectivity index (χ0) is 19.7. The molecule has 4 rings (SSSR count). The summed E-state index contributed by atoms with van der Waals surface area (Å²) in [5.41, 5.74) is 5.50. The Morgan fingerprint density at radius 1 is 1.14 bits per heavy atom. The van der Waals surface area contributed by atoms with Crippen LogP contribution >= 0.6 is 11.3 Å². The largest absolute Gasteiger partial charge is 0.363 e. The standard InChI is InChI=1S/C20H17N5O2S/c1-12(14-4-3-5-16(8-14)25(26)27)22-20-10-18(23-13(2)24-20)15-6-7-17-19(9-15)28-11-21-17/h3-12H,1-2H3,(H,22,23,24). The van der Waals surface area contributed by atoms with Gasteiger partial charge in [-0.25, -0.2) is 15.0 Å². The highest BCUT2D eigenvalue weighted by molar-refractivity contribution is 7.16. The molecule has 0 aliphatic carbocycles. The van der Waals surface area contributed by atoms with E-state index in [1.165, 1.54) is 6.07 Å². The predicted octanol–water partition coefficient (Wildman–Crippen LogP) is 5.14.